The number of benzene rings is 2. The van der Waals surface area contributed by atoms with E-state index in [1.807, 2.05) is 30.3 Å². The van der Waals surface area contributed by atoms with E-state index in [9.17, 15) is 4.79 Å². The fraction of sp³-hybridized carbons (Fsp3) is 0.409. The predicted molar refractivity (Wildman–Crippen MR) is 102 cm³/mol. The second-order valence-electron chi connectivity index (χ2n) is 7.35. The molecule has 2 aliphatic rings. The van der Waals surface area contributed by atoms with Gasteiger partial charge in [0.1, 0.15) is 11.8 Å². The molecular formula is C22H26N2O2. The number of ether oxygens (including phenoxy) is 1. The molecule has 4 heteroatoms. The highest BCUT2D eigenvalue weighted by atomic mass is 16.5. The molecule has 2 aromatic rings. The number of nitrogens with one attached hydrogen (secondary N) is 1. The van der Waals surface area contributed by atoms with Crippen molar-refractivity contribution in [3.63, 3.8) is 0 Å². The van der Waals surface area contributed by atoms with Crippen LogP contribution >= 0.6 is 0 Å². The average molecular weight is 350 g/mol. The van der Waals surface area contributed by atoms with Gasteiger partial charge in [0, 0.05) is 18.6 Å². The Balaban J connectivity index is 1.60. The highest BCUT2D eigenvalue weighted by molar-refractivity contribution is 5.83. The second-order valence-corrected chi connectivity index (χ2v) is 7.35. The predicted octanol–water partition coefficient (Wildman–Crippen LogP) is 3.68. The molecule has 0 aliphatic heterocycles. The highest BCUT2D eigenvalue weighted by Crippen LogP contribution is 2.36. The van der Waals surface area contributed by atoms with Crippen LogP contribution in [0.25, 0.3) is 0 Å². The molecule has 0 saturated heterocycles. The Labute approximate surface area is 155 Å². The molecule has 2 aliphatic carbocycles. The van der Waals surface area contributed by atoms with E-state index in [4.69, 9.17) is 4.74 Å². The highest BCUT2D eigenvalue weighted by Gasteiger charge is 2.39. The summed E-state index contributed by atoms with van der Waals surface area (Å²) < 4.78 is 5.26. The van der Waals surface area contributed by atoms with Crippen molar-refractivity contribution in [2.45, 2.75) is 50.4 Å². The Kier molecular flexibility index (Phi) is 4.93. The van der Waals surface area contributed by atoms with Crippen LogP contribution in [0.3, 0.4) is 0 Å². The van der Waals surface area contributed by atoms with Gasteiger partial charge >= 0.3 is 0 Å². The fourth-order valence-corrected chi connectivity index (χ4v) is 3.42. The minimum absolute atomic E-state index is 0.138. The van der Waals surface area contributed by atoms with Gasteiger partial charge in [-0.3, -0.25) is 9.69 Å². The first-order chi connectivity index (χ1) is 12.7. The molecule has 0 unspecified atom stereocenters. The lowest BCUT2D eigenvalue weighted by atomic mass is 10.0. The molecule has 2 saturated carbocycles. The number of methoxy groups -OCH3 is 1. The van der Waals surface area contributed by atoms with Crippen LogP contribution in [-0.2, 0) is 11.3 Å². The first-order valence-corrected chi connectivity index (χ1v) is 9.48. The van der Waals surface area contributed by atoms with Gasteiger partial charge in [0.25, 0.3) is 0 Å². The lowest BCUT2D eigenvalue weighted by Gasteiger charge is -2.31. The van der Waals surface area contributed by atoms with Crippen molar-refractivity contribution in [1.29, 1.82) is 0 Å². The zero-order chi connectivity index (χ0) is 17.9. The van der Waals surface area contributed by atoms with Gasteiger partial charge in [-0.15, -0.1) is 0 Å². The Morgan fingerprint density at radius 1 is 1.08 bits per heavy atom. The van der Waals surface area contributed by atoms with Crippen molar-refractivity contribution in [1.82, 2.24) is 10.2 Å². The number of nitrogens with zero attached hydrogens (tertiary/aromatic N) is 1. The molecule has 136 valence electrons. The Morgan fingerprint density at radius 2 is 1.77 bits per heavy atom. The molecule has 1 amide bonds. The largest absolute Gasteiger partial charge is 0.497 e. The molecule has 0 spiro atoms. The van der Waals surface area contributed by atoms with E-state index in [1.165, 1.54) is 5.56 Å². The second kappa shape index (κ2) is 7.50. The maximum atomic E-state index is 13.1. The molecule has 0 radical (unpaired) electrons. The first-order valence-electron chi connectivity index (χ1n) is 9.48. The summed E-state index contributed by atoms with van der Waals surface area (Å²) in [7, 11) is 1.68. The fourth-order valence-electron chi connectivity index (χ4n) is 3.42. The van der Waals surface area contributed by atoms with Gasteiger partial charge in [-0.05, 0) is 48.9 Å². The van der Waals surface area contributed by atoms with Crippen molar-refractivity contribution >= 4 is 5.91 Å². The smallest absolute Gasteiger partial charge is 0.242 e. The maximum absolute atomic E-state index is 13.1. The van der Waals surface area contributed by atoms with E-state index in [0.717, 1.165) is 43.5 Å². The Hall–Kier alpha value is -2.33. The summed E-state index contributed by atoms with van der Waals surface area (Å²) in [5, 5.41) is 3.22. The normalized spacial score (nSPS) is 17.8. The van der Waals surface area contributed by atoms with Gasteiger partial charge < -0.3 is 10.1 Å². The third kappa shape index (κ3) is 4.07. The molecular weight excluding hydrogens is 324 g/mol. The standard InChI is InChI=1S/C22H26N2O2/c1-26-20-13-7-16(8-14-20)15-24(19-11-12-19)21(17-5-3-2-4-6-17)22(25)23-18-9-10-18/h2-8,13-14,18-19,21H,9-12,15H2,1H3,(H,23,25)/t21-/m1/s1. The Bertz CT molecular complexity index is 736. The summed E-state index contributed by atoms with van der Waals surface area (Å²) in [6.07, 6.45) is 4.54. The molecule has 0 heterocycles. The zero-order valence-electron chi connectivity index (χ0n) is 15.2. The molecule has 1 N–H and O–H groups in total. The van der Waals surface area contributed by atoms with Crippen molar-refractivity contribution in [3.05, 3.63) is 65.7 Å². The number of rotatable bonds is 8. The first kappa shape index (κ1) is 17.1. The number of hydrogen-bond donors (Lipinski definition) is 1. The summed E-state index contributed by atoms with van der Waals surface area (Å²) >= 11 is 0. The Morgan fingerprint density at radius 3 is 2.35 bits per heavy atom. The summed E-state index contributed by atoms with van der Waals surface area (Å²) in [5.74, 6) is 0.997. The molecule has 2 aromatic carbocycles. The molecule has 0 aromatic heterocycles. The van der Waals surface area contributed by atoms with Gasteiger partial charge in [0.05, 0.1) is 7.11 Å². The maximum Gasteiger partial charge on any atom is 0.242 e. The van der Waals surface area contributed by atoms with Crippen LogP contribution in [0.1, 0.15) is 42.9 Å². The summed E-state index contributed by atoms with van der Waals surface area (Å²) in [4.78, 5) is 15.5. The number of carbonyl (C=O) groups is 1. The van der Waals surface area contributed by atoms with E-state index in [1.54, 1.807) is 7.11 Å². The summed E-state index contributed by atoms with van der Waals surface area (Å²) in [6, 6.07) is 19.0. The van der Waals surface area contributed by atoms with Crippen LogP contribution in [-0.4, -0.2) is 30.0 Å². The van der Waals surface area contributed by atoms with Crippen LogP contribution in [0.2, 0.25) is 0 Å². The van der Waals surface area contributed by atoms with Crippen molar-refractivity contribution in [2.24, 2.45) is 0 Å². The molecule has 26 heavy (non-hydrogen) atoms. The SMILES string of the molecule is COc1ccc(CN(C2CC2)[C@@H](C(=O)NC2CC2)c2ccccc2)cc1. The van der Waals surface area contributed by atoms with Gasteiger partial charge in [0.15, 0.2) is 0 Å². The van der Waals surface area contributed by atoms with E-state index in [-0.39, 0.29) is 11.9 Å². The minimum atomic E-state index is -0.230. The lowest BCUT2D eigenvalue weighted by molar-refractivity contribution is -0.127. The number of carbonyl (C=O) groups excluding carboxylic acids is 1. The lowest BCUT2D eigenvalue weighted by Crippen LogP contribution is -2.42. The van der Waals surface area contributed by atoms with E-state index < -0.39 is 0 Å². The number of hydrogen-bond acceptors (Lipinski definition) is 3. The monoisotopic (exact) mass is 350 g/mol. The van der Waals surface area contributed by atoms with E-state index in [2.05, 4.69) is 34.5 Å². The van der Waals surface area contributed by atoms with Crippen LogP contribution in [0.5, 0.6) is 5.75 Å². The zero-order valence-corrected chi connectivity index (χ0v) is 15.2. The topological polar surface area (TPSA) is 41.6 Å². The summed E-state index contributed by atoms with van der Waals surface area (Å²) in [5.41, 5.74) is 2.28. The number of amides is 1. The van der Waals surface area contributed by atoms with Crippen molar-refractivity contribution in [3.8, 4) is 5.75 Å². The van der Waals surface area contributed by atoms with Gasteiger partial charge in [-0.1, -0.05) is 42.5 Å². The average Bonchev–Trinajstić information content (AvgIpc) is 3.57. The summed E-state index contributed by atoms with van der Waals surface area (Å²) in [6.45, 7) is 0.770. The molecule has 4 nitrogen and oxygen atoms in total. The van der Waals surface area contributed by atoms with Crippen molar-refractivity contribution in [2.75, 3.05) is 7.11 Å². The van der Waals surface area contributed by atoms with E-state index >= 15 is 0 Å². The minimum Gasteiger partial charge on any atom is -0.497 e. The molecule has 1 atom stereocenters. The van der Waals surface area contributed by atoms with Crippen LogP contribution in [0.4, 0.5) is 0 Å². The van der Waals surface area contributed by atoms with Crippen LogP contribution in [0, 0.1) is 0 Å². The van der Waals surface area contributed by atoms with Crippen LogP contribution < -0.4 is 10.1 Å². The molecule has 4 rings (SSSR count). The molecule has 0 bridgehead atoms. The third-order valence-electron chi connectivity index (χ3n) is 5.16. The van der Waals surface area contributed by atoms with Gasteiger partial charge in [-0.2, -0.15) is 0 Å². The van der Waals surface area contributed by atoms with Gasteiger partial charge in [-0.25, -0.2) is 0 Å². The van der Waals surface area contributed by atoms with Crippen LogP contribution in [0.15, 0.2) is 54.6 Å². The molecule has 2 fully saturated rings. The third-order valence-corrected chi connectivity index (χ3v) is 5.16. The van der Waals surface area contributed by atoms with E-state index in [0.29, 0.717) is 12.1 Å². The van der Waals surface area contributed by atoms with Gasteiger partial charge in [0.2, 0.25) is 5.91 Å². The quantitative estimate of drug-likeness (QED) is 0.790. The van der Waals surface area contributed by atoms with Crippen molar-refractivity contribution < 1.29 is 9.53 Å².